The SMILES string of the molecule is CCC(CC)N(CCO)C(=O)c1ccc(Br)cc1Cl. The zero-order chi connectivity index (χ0) is 14.4. The number of benzene rings is 1. The predicted octanol–water partition coefficient (Wildman–Crippen LogP) is 3.73. The van der Waals surface area contributed by atoms with Crippen molar-refractivity contribution >= 4 is 33.4 Å². The van der Waals surface area contributed by atoms with Gasteiger partial charge in [0, 0.05) is 17.1 Å². The maximum atomic E-state index is 12.5. The van der Waals surface area contributed by atoms with Gasteiger partial charge in [0.2, 0.25) is 0 Å². The van der Waals surface area contributed by atoms with Gasteiger partial charge in [-0.05, 0) is 31.0 Å². The summed E-state index contributed by atoms with van der Waals surface area (Å²) in [5.74, 6) is -0.125. The number of carbonyl (C=O) groups excluding carboxylic acids is 1. The van der Waals surface area contributed by atoms with E-state index in [2.05, 4.69) is 15.9 Å². The van der Waals surface area contributed by atoms with E-state index in [0.717, 1.165) is 17.3 Å². The van der Waals surface area contributed by atoms with E-state index in [9.17, 15) is 4.79 Å². The maximum Gasteiger partial charge on any atom is 0.255 e. The molecule has 1 aromatic carbocycles. The lowest BCUT2D eigenvalue weighted by Gasteiger charge is -2.30. The normalized spacial score (nSPS) is 10.8. The van der Waals surface area contributed by atoms with Gasteiger partial charge >= 0.3 is 0 Å². The standard InChI is InChI=1S/C14H19BrClNO2/c1-3-11(4-2)17(7-8-18)14(19)12-6-5-10(15)9-13(12)16/h5-6,9,11,18H,3-4,7-8H2,1-2H3. The molecule has 3 nitrogen and oxygen atoms in total. The van der Waals surface area contributed by atoms with Gasteiger partial charge in [0.1, 0.15) is 0 Å². The van der Waals surface area contributed by atoms with Crippen LogP contribution in [-0.4, -0.2) is 35.1 Å². The van der Waals surface area contributed by atoms with Crippen LogP contribution in [-0.2, 0) is 0 Å². The molecule has 0 aliphatic rings. The fourth-order valence-electron chi connectivity index (χ4n) is 2.10. The van der Waals surface area contributed by atoms with Crippen molar-refractivity contribution in [2.75, 3.05) is 13.2 Å². The largest absolute Gasteiger partial charge is 0.395 e. The van der Waals surface area contributed by atoms with Gasteiger partial charge in [-0.2, -0.15) is 0 Å². The van der Waals surface area contributed by atoms with E-state index in [4.69, 9.17) is 16.7 Å². The second-order valence-electron chi connectivity index (χ2n) is 4.32. The third kappa shape index (κ3) is 4.20. The van der Waals surface area contributed by atoms with E-state index >= 15 is 0 Å². The summed E-state index contributed by atoms with van der Waals surface area (Å²) < 4.78 is 0.838. The van der Waals surface area contributed by atoms with E-state index in [-0.39, 0.29) is 18.6 Å². The third-order valence-corrected chi connectivity index (χ3v) is 3.95. The number of amides is 1. The highest BCUT2D eigenvalue weighted by atomic mass is 79.9. The van der Waals surface area contributed by atoms with Crippen molar-refractivity contribution in [2.45, 2.75) is 32.7 Å². The van der Waals surface area contributed by atoms with Crippen LogP contribution in [0, 0.1) is 0 Å². The van der Waals surface area contributed by atoms with Crippen molar-refractivity contribution in [1.29, 1.82) is 0 Å². The fraction of sp³-hybridized carbons (Fsp3) is 0.500. The topological polar surface area (TPSA) is 40.5 Å². The molecule has 0 heterocycles. The van der Waals surface area contributed by atoms with E-state index in [1.54, 1.807) is 23.1 Å². The summed E-state index contributed by atoms with van der Waals surface area (Å²) in [6.45, 7) is 4.36. The number of nitrogens with zero attached hydrogens (tertiary/aromatic N) is 1. The Balaban J connectivity index is 3.04. The zero-order valence-electron chi connectivity index (χ0n) is 11.2. The molecule has 1 rings (SSSR count). The summed E-state index contributed by atoms with van der Waals surface area (Å²) >= 11 is 9.44. The number of aliphatic hydroxyl groups excluding tert-OH is 1. The quantitative estimate of drug-likeness (QED) is 0.851. The van der Waals surface area contributed by atoms with Gasteiger partial charge in [-0.1, -0.05) is 41.4 Å². The van der Waals surface area contributed by atoms with Crippen LogP contribution in [0.15, 0.2) is 22.7 Å². The lowest BCUT2D eigenvalue weighted by Crippen LogP contribution is -2.41. The molecular formula is C14H19BrClNO2. The predicted molar refractivity (Wildman–Crippen MR) is 81.6 cm³/mol. The molecule has 19 heavy (non-hydrogen) atoms. The Morgan fingerprint density at radius 3 is 2.53 bits per heavy atom. The summed E-state index contributed by atoms with van der Waals surface area (Å²) in [4.78, 5) is 14.2. The van der Waals surface area contributed by atoms with Crippen LogP contribution in [0.1, 0.15) is 37.0 Å². The molecule has 1 N–H and O–H groups in total. The minimum absolute atomic E-state index is 0.0453. The summed E-state index contributed by atoms with van der Waals surface area (Å²) in [5, 5.41) is 9.58. The molecule has 0 spiro atoms. The van der Waals surface area contributed by atoms with Crippen LogP contribution >= 0.6 is 27.5 Å². The molecule has 0 atom stereocenters. The lowest BCUT2D eigenvalue weighted by atomic mass is 10.1. The summed E-state index contributed by atoms with van der Waals surface area (Å²) in [5.41, 5.74) is 0.477. The summed E-state index contributed by atoms with van der Waals surface area (Å²) in [6, 6.07) is 5.34. The summed E-state index contributed by atoms with van der Waals surface area (Å²) in [7, 11) is 0. The van der Waals surface area contributed by atoms with E-state index in [1.807, 2.05) is 13.8 Å². The highest BCUT2D eigenvalue weighted by molar-refractivity contribution is 9.10. The van der Waals surface area contributed by atoms with Gasteiger partial charge in [0.15, 0.2) is 0 Å². The maximum absolute atomic E-state index is 12.5. The van der Waals surface area contributed by atoms with Crippen LogP contribution in [0.25, 0.3) is 0 Å². The van der Waals surface area contributed by atoms with Crippen molar-refractivity contribution < 1.29 is 9.90 Å². The van der Waals surface area contributed by atoms with Crippen LogP contribution in [0.3, 0.4) is 0 Å². The first-order chi connectivity index (χ1) is 9.04. The number of hydrogen-bond donors (Lipinski definition) is 1. The number of halogens is 2. The second kappa shape index (κ2) is 7.88. The van der Waals surface area contributed by atoms with Gasteiger partial charge in [-0.15, -0.1) is 0 Å². The molecule has 0 saturated carbocycles. The molecule has 1 aromatic rings. The van der Waals surface area contributed by atoms with Crippen LogP contribution in [0.5, 0.6) is 0 Å². The second-order valence-corrected chi connectivity index (χ2v) is 5.64. The first-order valence-electron chi connectivity index (χ1n) is 6.42. The van der Waals surface area contributed by atoms with Crippen LogP contribution in [0.4, 0.5) is 0 Å². The van der Waals surface area contributed by atoms with Gasteiger partial charge in [-0.3, -0.25) is 4.79 Å². The Bertz CT molecular complexity index is 435. The molecule has 0 radical (unpaired) electrons. The Morgan fingerprint density at radius 2 is 2.05 bits per heavy atom. The van der Waals surface area contributed by atoms with Crippen LogP contribution < -0.4 is 0 Å². The first-order valence-corrected chi connectivity index (χ1v) is 7.59. The molecule has 0 bridgehead atoms. The molecule has 5 heteroatoms. The van der Waals surface area contributed by atoms with Gasteiger partial charge < -0.3 is 10.0 Å². The Hall–Kier alpha value is -0.580. The van der Waals surface area contributed by atoms with Gasteiger partial charge in [0.25, 0.3) is 5.91 Å². The number of rotatable bonds is 6. The van der Waals surface area contributed by atoms with Crippen molar-refractivity contribution in [3.63, 3.8) is 0 Å². The average Bonchev–Trinajstić information content (AvgIpc) is 2.38. The Morgan fingerprint density at radius 1 is 1.42 bits per heavy atom. The fourth-order valence-corrected chi connectivity index (χ4v) is 2.86. The third-order valence-electron chi connectivity index (χ3n) is 3.15. The van der Waals surface area contributed by atoms with E-state index < -0.39 is 0 Å². The highest BCUT2D eigenvalue weighted by Gasteiger charge is 2.23. The molecule has 0 fully saturated rings. The molecule has 0 aliphatic carbocycles. The average molecular weight is 349 g/mol. The Labute approximate surface area is 127 Å². The first kappa shape index (κ1) is 16.5. The van der Waals surface area contributed by atoms with Crippen molar-refractivity contribution in [2.24, 2.45) is 0 Å². The number of aliphatic hydroxyl groups is 1. The minimum atomic E-state index is -0.125. The van der Waals surface area contributed by atoms with Crippen molar-refractivity contribution in [3.05, 3.63) is 33.3 Å². The highest BCUT2D eigenvalue weighted by Crippen LogP contribution is 2.24. The monoisotopic (exact) mass is 347 g/mol. The molecule has 0 saturated heterocycles. The Kier molecular flexibility index (Phi) is 6.83. The minimum Gasteiger partial charge on any atom is -0.395 e. The van der Waals surface area contributed by atoms with Gasteiger partial charge in [-0.25, -0.2) is 0 Å². The van der Waals surface area contributed by atoms with Gasteiger partial charge in [0.05, 0.1) is 17.2 Å². The van der Waals surface area contributed by atoms with Crippen molar-refractivity contribution in [1.82, 2.24) is 4.90 Å². The molecule has 106 valence electrons. The summed E-state index contributed by atoms with van der Waals surface area (Å²) in [6.07, 6.45) is 1.72. The van der Waals surface area contributed by atoms with Crippen molar-refractivity contribution in [3.8, 4) is 0 Å². The lowest BCUT2D eigenvalue weighted by molar-refractivity contribution is 0.0622. The molecular weight excluding hydrogens is 330 g/mol. The zero-order valence-corrected chi connectivity index (χ0v) is 13.5. The van der Waals surface area contributed by atoms with Crippen LogP contribution in [0.2, 0.25) is 5.02 Å². The van der Waals surface area contributed by atoms with E-state index in [1.165, 1.54) is 0 Å². The van der Waals surface area contributed by atoms with E-state index in [0.29, 0.717) is 17.1 Å². The number of carbonyl (C=O) groups is 1. The smallest absolute Gasteiger partial charge is 0.255 e. The molecule has 0 aromatic heterocycles. The molecule has 1 amide bonds. The number of hydrogen-bond acceptors (Lipinski definition) is 2. The molecule has 0 aliphatic heterocycles. The molecule has 0 unspecified atom stereocenters.